The summed E-state index contributed by atoms with van der Waals surface area (Å²) in [5, 5.41) is 16.3. The third-order valence-corrected chi connectivity index (χ3v) is 5.43. The topological polar surface area (TPSA) is 228 Å². The maximum Gasteiger partial charge on any atom is 0.362 e. The third kappa shape index (κ3) is 4.61. The normalized spacial score (nSPS) is 20.2. The Bertz CT molecular complexity index is 972. The summed E-state index contributed by atoms with van der Waals surface area (Å²) in [6.45, 7) is 2.00. The van der Waals surface area contributed by atoms with Gasteiger partial charge in [-0.15, -0.1) is 11.3 Å². The number of carboxylic acids is 1. The van der Waals surface area contributed by atoms with Crippen LogP contribution in [0.5, 0.6) is 0 Å². The minimum atomic E-state index is -4.85. The van der Waals surface area contributed by atoms with Crippen LogP contribution < -0.4 is 16.8 Å². The van der Waals surface area contributed by atoms with E-state index >= 15 is 0 Å². The quantitative estimate of drug-likeness (QED) is 0.123. The summed E-state index contributed by atoms with van der Waals surface area (Å²) in [5.41, 5.74) is 8.60. The van der Waals surface area contributed by atoms with Crippen LogP contribution in [0.25, 0.3) is 0 Å². The lowest BCUT2D eigenvalue weighted by Crippen LogP contribution is -2.74. The number of anilines is 1. The largest absolute Gasteiger partial charge is 0.478 e. The van der Waals surface area contributed by atoms with Crippen LogP contribution in [-0.2, 0) is 29.5 Å². The molecule has 0 aromatic carbocycles. The zero-order chi connectivity index (χ0) is 22.1. The number of nitrogens with two attached hydrogens (primary N) is 2. The van der Waals surface area contributed by atoms with Crippen molar-refractivity contribution in [2.45, 2.75) is 31.5 Å². The Morgan fingerprint density at radius 2 is 2.10 bits per heavy atom. The van der Waals surface area contributed by atoms with Crippen molar-refractivity contribution in [2.24, 2.45) is 10.9 Å². The molecule has 16 heteroatoms. The molecule has 1 fully saturated rings. The zero-order valence-corrected chi connectivity index (χ0v) is 16.7. The predicted octanol–water partition coefficient (Wildman–Crippen LogP) is -2.23. The van der Waals surface area contributed by atoms with Gasteiger partial charge in [-0.2, -0.15) is 8.42 Å². The van der Waals surface area contributed by atoms with Crippen LogP contribution in [0.1, 0.15) is 19.5 Å². The van der Waals surface area contributed by atoms with E-state index in [-0.39, 0.29) is 21.7 Å². The molecule has 0 radical (unpaired) electrons. The summed E-state index contributed by atoms with van der Waals surface area (Å²) < 4.78 is 31.7. The number of nitrogens with zero attached hydrogens (tertiary/aromatic N) is 3. The van der Waals surface area contributed by atoms with Crippen LogP contribution in [0.4, 0.5) is 5.13 Å². The van der Waals surface area contributed by atoms with Gasteiger partial charge in [-0.3, -0.25) is 14.1 Å². The smallest absolute Gasteiger partial charge is 0.362 e. The molecule has 0 unspecified atom stereocenters. The van der Waals surface area contributed by atoms with Gasteiger partial charge < -0.3 is 26.7 Å². The fraction of sp³-hybridized carbons (Fsp3) is 0.462. The average Bonchev–Trinajstić information content (AvgIpc) is 3.01. The van der Waals surface area contributed by atoms with Crippen LogP contribution >= 0.6 is 11.3 Å². The lowest BCUT2D eigenvalue weighted by molar-refractivity contribution is -0.161. The van der Waals surface area contributed by atoms with E-state index in [1.54, 1.807) is 0 Å². The molecule has 1 aliphatic rings. The number of nitrogen functional groups attached to an aromatic ring is 1. The van der Waals surface area contributed by atoms with Crippen LogP contribution in [0.2, 0.25) is 0 Å². The molecule has 2 heterocycles. The Labute approximate surface area is 168 Å². The van der Waals surface area contributed by atoms with E-state index in [1.807, 2.05) is 0 Å². The fourth-order valence-corrected chi connectivity index (χ4v) is 3.64. The zero-order valence-electron chi connectivity index (χ0n) is 15.1. The first kappa shape index (κ1) is 22.5. The molecule has 14 nitrogen and oxygen atoms in total. The van der Waals surface area contributed by atoms with Crippen molar-refractivity contribution in [3.63, 3.8) is 0 Å². The molecule has 1 aromatic heterocycles. The number of carboxylic acid groups (broad SMARTS) is 1. The molecule has 0 saturated carbocycles. The number of carbonyl (C=O) groups excluding carboxylic acids is 2. The number of amides is 2. The van der Waals surface area contributed by atoms with Crippen molar-refractivity contribution in [1.82, 2.24) is 14.6 Å². The van der Waals surface area contributed by atoms with Crippen molar-refractivity contribution in [3.05, 3.63) is 11.1 Å². The van der Waals surface area contributed by atoms with Crippen LogP contribution in [0.3, 0.4) is 0 Å². The number of carbonyl (C=O) groups is 3. The van der Waals surface area contributed by atoms with Crippen LogP contribution in [-0.4, -0.2) is 75.1 Å². The van der Waals surface area contributed by atoms with E-state index in [2.05, 4.69) is 15.5 Å². The number of oxime groups is 1. The van der Waals surface area contributed by atoms with Crippen molar-refractivity contribution in [2.75, 3.05) is 12.3 Å². The Morgan fingerprint density at radius 1 is 1.48 bits per heavy atom. The number of hydrogen-bond acceptors (Lipinski definition) is 11. The van der Waals surface area contributed by atoms with E-state index < -0.39 is 51.5 Å². The molecule has 2 amide bonds. The summed E-state index contributed by atoms with van der Waals surface area (Å²) in [4.78, 5) is 44.6. The second-order valence-electron chi connectivity index (χ2n) is 6.28. The highest BCUT2D eigenvalue weighted by Crippen LogP contribution is 2.23. The molecular weight excluding hydrogens is 432 g/mol. The molecule has 2 atom stereocenters. The van der Waals surface area contributed by atoms with Crippen LogP contribution in [0.15, 0.2) is 10.5 Å². The standard InChI is InChI=1S/C13H18N6O8S2/c1-13(2,11(22)23)27-18-7(5-4-28-12(15)16-5)9(20)17-8-6(3-14)19(10(8)21)29(24,25)26/h4,6,8H,3,14H2,1-2H3,(H2,15,16)(H,17,20)(H,22,23)(H,24,25,26)/b18-7-/t6-,8+/m1/s1. The minimum Gasteiger partial charge on any atom is -0.478 e. The predicted molar refractivity (Wildman–Crippen MR) is 99.0 cm³/mol. The maximum absolute atomic E-state index is 12.6. The van der Waals surface area contributed by atoms with Gasteiger partial charge in [-0.05, 0) is 13.8 Å². The van der Waals surface area contributed by atoms with E-state index in [1.165, 1.54) is 19.2 Å². The first-order chi connectivity index (χ1) is 13.3. The van der Waals surface area contributed by atoms with Gasteiger partial charge in [0, 0.05) is 11.9 Å². The second kappa shape index (κ2) is 7.90. The Balaban J connectivity index is 2.29. The molecule has 0 aliphatic carbocycles. The summed E-state index contributed by atoms with van der Waals surface area (Å²) in [6.07, 6.45) is 0. The van der Waals surface area contributed by atoms with Crippen molar-refractivity contribution >= 4 is 50.3 Å². The molecule has 0 bridgehead atoms. The number of hydrogen-bond donors (Lipinski definition) is 5. The maximum atomic E-state index is 12.6. The Hall–Kier alpha value is -2.82. The van der Waals surface area contributed by atoms with Gasteiger partial charge in [-0.1, -0.05) is 5.16 Å². The molecular formula is C13H18N6O8S2. The molecule has 1 aliphatic heterocycles. The van der Waals surface area contributed by atoms with E-state index in [4.69, 9.17) is 26.0 Å². The molecule has 29 heavy (non-hydrogen) atoms. The number of rotatable bonds is 8. The van der Waals surface area contributed by atoms with E-state index in [0.717, 1.165) is 11.3 Å². The summed E-state index contributed by atoms with van der Waals surface area (Å²) >= 11 is 0.964. The fourth-order valence-electron chi connectivity index (χ4n) is 2.20. The van der Waals surface area contributed by atoms with Crippen molar-refractivity contribution in [1.29, 1.82) is 0 Å². The second-order valence-corrected chi connectivity index (χ2v) is 8.46. The highest BCUT2D eigenvalue weighted by atomic mass is 32.2. The summed E-state index contributed by atoms with van der Waals surface area (Å²) in [5.74, 6) is -3.50. The Morgan fingerprint density at radius 3 is 2.55 bits per heavy atom. The SMILES string of the molecule is CC(C)(O/N=C(\C(=O)N[C@@H]1C(=O)N(S(=O)(=O)O)[C@@H]1CN)c1csc(N)n1)C(=O)O. The number of β-lactam (4-membered cyclic amide) rings is 1. The molecule has 1 saturated heterocycles. The number of thiazole rings is 1. The number of aromatic nitrogens is 1. The van der Waals surface area contributed by atoms with Gasteiger partial charge in [0.1, 0.15) is 11.7 Å². The molecule has 2 rings (SSSR count). The van der Waals surface area contributed by atoms with Gasteiger partial charge in [-0.25, -0.2) is 14.1 Å². The van der Waals surface area contributed by atoms with Crippen molar-refractivity contribution < 1.29 is 37.3 Å². The molecule has 7 N–H and O–H groups in total. The van der Waals surface area contributed by atoms with Crippen molar-refractivity contribution in [3.8, 4) is 0 Å². The number of nitrogens with one attached hydrogen (secondary N) is 1. The van der Waals surface area contributed by atoms with Gasteiger partial charge in [0.2, 0.25) is 5.60 Å². The Kier molecular flexibility index (Phi) is 6.12. The molecule has 1 aromatic rings. The van der Waals surface area contributed by atoms with Crippen LogP contribution in [0, 0.1) is 0 Å². The lowest BCUT2D eigenvalue weighted by Gasteiger charge is -2.43. The van der Waals surface area contributed by atoms with E-state index in [9.17, 15) is 22.8 Å². The van der Waals surface area contributed by atoms with Gasteiger partial charge in [0.15, 0.2) is 10.8 Å². The van der Waals surface area contributed by atoms with Gasteiger partial charge >= 0.3 is 16.3 Å². The molecule has 0 spiro atoms. The highest BCUT2D eigenvalue weighted by molar-refractivity contribution is 7.84. The summed E-state index contributed by atoms with van der Waals surface area (Å²) in [7, 11) is -4.85. The highest BCUT2D eigenvalue weighted by Gasteiger charge is 2.53. The monoisotopic (exact) mass is 450 g/mol. The third-order valence-electron chi connectivity index (χ3n) is 3.81. The first-order valence-electron chi connectivity index (χ1n) is 7.82. The lowest BCUT2D eigenvalue weighted by atomic mass is 9.98. The van der Waals surface area contributed by atoms with Gasteiger partial charge in [0.25, 0.3) is 11.8 Å². The molecule has 160 valence electrons. The summed E-state index contributed by atoms with van der Waals surface area (Å²) in [6, 6.07) is -2.59. The van der Waals surface area contributed by atoms with E-state index in [0.29, 0.717) is 0 Å². The average molecular weight is 450 g/mol. The van der Waals surface area contributed by atoms with Gasteiger partial charge in [0.05, 0.1) is 6.04 Å². The first-order valence-corrected chi connectivity index (χ1v) is 10.1. The minimum absolute atomic E-state index is 0.0612. The number of aliphatic carboxylic acids is 1.